The van der Waals surface area contributed by atoms with Crippen LogP contribution in [-0.4, -0.2) is 33.6 Å². The number of fused-ring (bicyclic) bond motifs is 2. The second-order valence-corrected chi connectivity index (χ2v) is 6.28. The molecule has 0 atom stereocenters. The van der Waals surface area contributed by atoms with Crippen molar-refractivity contribution >= 4 is 27.8 Å². The minimum Gasteiger partial charge on any atom is -0.484 e. The first-order valence-corrected chi connectivity index (χ1v) is 8.94. The van der Waals surface area contributed by atoms with E-state index < -0.39 is 0 Å². The van der Waals surface area contributed by atoms with Crippen molar-refractivity contribution in [1.82, 2.24) is 19.9 Å². The van der Waals surface area contributed by atoms with Crippen LogP contribution in [0.3, 0.4) is 0 Å². The van der Waals surface area contributed by atoms with Gasteiger partial charge >= 0.3 is 0 Å². The predicted octanol–water partition coefficient (Wildman–Crippen LogP) is 3.17. The molecule has 1 N–H and O–H groups in total. The van der Waals surface area contributed by atoms with Crippen LogP contribution in [0.2, 0.25) is 0 Å². The molecule has 3 aromatic heterocycles. The molecular weight excluding hydrogens is 340 g/mol. The third kappa shape index (κ3) is 4.06. The van der Waals surface area contributed by atoms with E-state index in [-0.39, 0.29) is 12.5 Å². The smallest absolute Gasteiger partial charge is 0.257 e. The van der Waals surface area contributed by atoms with Gasteiger partial charge in [-0.25, -0.2) is 4.98 Å². The summed E-state index contributed by atoms with van der Waals surface area (Å²) in [6, 6.07) is 15.5. The molecule has 0 spiro atoms. The topological polar surface area (TPSA) is 69.0 Å². The fourth-order valence-corrected chi connectivity index (χ4v) is 3.02. The molecule has 1 amide bonds. The Balaban J connectivity index is 1.22. The lowest BCUT2D eigenvalue weighted by Crippen LogP contribution is -2.30. The van der Waals surface area contributed by atoms with E-state index in [1.54, 1.807) is 12.4 Å². The summed E-state index contributed by atoms with van der Waals surface area (Å²) in [5, 5.41) is 5.00. The number of hydrogen-bond acceptors (Lipinski definition) is 4. The fourth-order valence-electron chi connectivity index (χ4n) is 3.02. The molecule has 4 aromatic rings. The van der Waals surface area contributed by atoms with Gasteiger partial charge in [-0.15, -0.1) is 0 Å². The number of hydrogen-bond donors (Lipinski definition) is 1. The zero-order valence-corrected chi connectivity index (χ0v) is 14.8. The van der Waals surface area contributed by atoms with E-state index in [0.29, 0.717) is 12.3 Å². The summed E-state index contributed by atoms with van der Waals surface area (Å²) in [5.41, 5.74) is 1.87. The van der Waals surface area contributed by atoms with Crippen molar-refractivity contribution in [1.29, 1.82) is 0 Å². The first kappa shape index (κ1) is 17.0. The molecule has 0 unspecified atom stereocenters. The molecule has 0 bridgehead atoms. The summed E-state index contributed by atoms with van der Waals surface area (Å²) in [7, 11) is 0. The van der Waals surface area contributed by atoms with Crippen LogP contribution in [-0.2, 0) is 11.3 Å². The summed E-state index contributed by atoms with van der Waals surface area (Å²) >= 11 is 0. The number of carbonyl (C=O) groups is 1. The van der Waals surface area contributed by atoms with Crippen LogP contribution in [0.1, 0.15) is 6.42 Å². The van der Waals surface area contributed by atoms with Crippen LogP contribution < -0.4 is 10.1 Å². The standard InChI is InChI=1S/C21H20N4O2/c26-20(15-27-18-6-7-19-17(14-18)5-2-9-22-19)23-11-3-12-25-13-8-16-4-1-10-24-21(16)25/h1-2,4-10,13-14H,3,11-12,15H2,(H,23,26). The molecule has 27 heavy (non-hydrogen) atoms. The van der Waals surface area contributed by atoms with Crippen molar-refractivity contribution in [2.75, 3.05) is 13.2 Å². The zero-order valence-electron chi connectivity index (χ0n) is 14.8. The van der Waals surface area contributed by atoms with Gasteiger partial charge in [-0.1, -0.05) is 6.07 Å². The maximum absolute atomic E-state index is 12.0. The zero-order chi connectivity index (χ0) is 18.5. The van der Waals surface area contributed by atoms with Crippen LogP contribution in [0.4, 0.5) is 0 Å². The number of benzene rings is 1. The molecule has 0 fully saturated rings. The second kappa shape index (κ2) is 7.86. The Kier molecular flexibility index (Phi) is 4.96. The molecule has 6 heteroatoms. The van der Waals surface area contributed by atoms with Gasteiger partial charge in [-0.3, -0.25) is 9.78 Å². The highest BCUT2D eigenvalue weighted by Gasteiger charge is 2.05. The largest absolute Gasteiger partial charge is 0.484 e. The Hall–Kier alpha value is -3.41. The van der Waals surface area contributed by atoms with Gasteiger partial charge < -0.3 is 14.6 Å². The normalized spacial score (nSPS) is 11.0. The van der Waals surface area contributed by atoms with Crippen molar-refractivity contribution in [2.45, 2.75) is 13.0 Å². The van der Waals surface area contributed by atoms with E-state index in [9.17, 15) is 4.79 Å². The number of pyridine rings is 2. The maximum Gasteiger partial charge on any atom is 0.257 e. The van der Waals surface area contributed by atoms with Crippen LogP contribution >= 0.6 is 0 Å². The highest BCUT2D eigenvalue weighted by molar-refractivity contribution is 5.80. The van der Waals surface area contributed by atoms with Gasteiger partial charge in [-0.05, 0) is 48.9 Å². The second-order valence-electron chi connectivity index (χ2n) is 6.28. The monoisotopic (exact) mass is 360 g/mol. The average Bonchev–Trinajstić information content (AvgIpc) is 3.13. The van der Waals surface area contributed by atoms with E-state index >= 15 is 0 Å². The number of rotatable bonds is 7. The van der Waals surface area contributed by atoms with Gasteiger partial charge in [0.05, 0.1) is 5.52 Å². The molecule has 0 saturated carbocycles. The Bertz CT molecular complexity index is 1070. The molecule has 0 aliphatic heterocycles. The van der Waals surface area contributed by atoms with Gasteiger partial charge in [0.15, 0.2) is 6.61 Å². The quantitative estimate of drug-likeness (QED) is 0.514. The van der Waals surface area contributed by atoms with E-state index in [1.807, 2.05) is 54.7 Å². The summed E-state index contributed by atoms with van der Waals surface area (Å²) in [6.45, 7) is 1.40. The highest BCUT2D eigenvalue weighted by atomic mass is 16.5. The van der Waals surface area contributed by atoms with Crippen molar-refractivity contribution in [2.24, 2.45) is 0 Å². The summed E-state index contributed by atoms with van der Waals surface area (Å²) in [4.78, 5) is 20.6. The maximum atomic E-state index is 12.0. The first-order valence-electron chi connectivity index (χ1n) is 8.94. The molecule has 0 aliphatic rings. The van der Waals surface area contributed by atoms with Gasteiger partial charge in [-0.2, -0.15) is 0 Å². The number of ether oxygens (including phenoxy) is 1. The summed E-state index contributed by atoms with van der Waals surface area (Å²) in [6.07, 6.45) is 6.40. The lowest BCUT2D eigenvalue weighted by atomic mass is 10.2. The van der Waals surface area contributed by atoms with E-state index in [4.69, 9.17) is 4.74 Å². The van der Waals surface area contributed by atoms with Crippen molar-refractivity contribution in [3.05, 3.63) is 67.1 Å². The molecule has 0 saturated heterocycles. The Morgan fingerprint density at radius 1 is 1.04 bits per heavy atom. The summed E-state index contributed by atoms with van der Waals surface area (Å²) < 4.78 is 7.68. The number of nitrogens with one attached hydrogen (secondary N) is 1. The van der Waals surface area contributed by atoms with E-state index in [0.717, 1.165) is 34.9 Å². The third-order valence-corrected chi connectivity index (χ3v) is 4.37. The number of carbonyl (C=O) groups excluding carboxylic acids is 1. The lowest BCUT2D eigenvalue weighted by Gasteiger charge is -2.09. The van der Waals surface area contributed by atoms with Crippen LogP contribution in [0.5, 0.6) is 5.75 Å². The Morgan fingerprint density at radius 2 is 1.89 bits per heavy atom. The lowest BCUT2D eigenvalue weighted by molar-refractivity contribution is -0.123. The first-order chi connectivity index (χ1) is 13.3. The van der Waals surface area contributed by atoms with Gasteiger partial charge in [0, 0.05) is 42.5 Å². The minimum absolute atomic E-state index is 0.000223. The number of aromatic nitrogens is 3. The number of amides is 1. The van der Waals surface area contributed by atoms with E-state index in [1.165, 1.54) is 0 Å². The van der Waals surface area contributed by atoms with Gasteiger partial charge in [0.25, 0.3) is 5.91 Å². The molecular formula is C21H20N4O2. The molecule has 0 radical (unpaired) electrons. The van der Waals surface area contributed by atoms with E-state index in [2.05, 4.69) is 19.9 Å². The molecule has 136 valence electrons. The van der Waals surface area contributed by atoms with Crippen LogP contribution in [0.15, 0.2) is 67.1 Å². The Labute approximate surface area is 156 Å². The minimum atomic E-state index is -0.128. The number of aryl methyl sites for hydroxylation is 1. The van der Waals surface area contributed by atoms with Crippen molar-refractivity contribution in [3.8, 4) is 5.75 Å². The number of nitrogens with zero attached hydrogens (tertiary/aromatic N) is 3. The van der Waals surface area contributed by atoms with Crippen LogP contribution in [0.25, 0.3) is 21.9 Å². The molecule has 1 aromatic carbocycles. The van der Waals surface area contributed by atoms with Gasteiger partial charge in [0.1, 0.15) is 11.4 Å². The highest BCUT2D eigenvalue weighted by Crippen LogP contribution is 2.18. The molecule has 0 aliphatic carbocycles. The van der Waals surface area contributed by atoms with Crippen molar-refractivity contribution in [3.63, 3.8) is 0 Å². The fraction of sp³-hybridized carbons (Fsp3) is 0.190. The summed E-state index contributed by atoms with van der Waals surface area (Å²) in [5.74, 6) is 0.535. The molecule has 3 heterocycles. The molecule has 6 nitrogen and oxygen atoms in total. The molecule has 4 rings (SSSR count). The average molecular weight is 360 g/mol. The van der Waals surface area contributed by atoms with Crippen molar-refractivity contribution < 1.29 is 9.53 Å². The predicted molar refractivity (Wildman–Crippen MR) is 105 cm³/mol. The van der Waals surface area contributed by atoms with Gasteiger partial charge in [0.2, 0.25) is 0 Å². The third-order valence-electron chi connectivity index (χ3n) is 4.37. The van der Waals surface area contributed by atoms with Crippen LogP contribution in [0, 0.1) is 0 Å². The Morgan fingerprint density at radius 3 is 2.81 bits per heavy atom. The SMILES string of the molecule is O=C(COc1ccc2ncccc2c1)NCCCn1ccc2cccnc21.